The Bertz CT molecular complexity index is 682. The van der Waals surface area contributed by atoms with Crippen molar-refractivity contribution in [3.63, 3.8) is 0 Å². The Kier molecular flexibility index (Phi) is 3.15. The van der Waals surface area contributed by atoms with Gasteiger partial charge in [0.15, 0.2) is 0 Å². The molecule has 2 atom stereocenters. The van der Waals surface area contributed by atoms with Crippen LogP contribution in [0, 0.1) is 5.92 Å². The average Bonchev–Trinajstić information content (AvgIpc) is 3.01. The number of rotatable bonds is 1. The van der Waals surface area contributed by atoms with Gasteiger partial charge in [-0.25, -0.2) is 0 Å². The first-order chi connectivity index (χ1) is 10.3. The molecule has 21 heavy (non-hydrogen) atoms. The summed E-state index contributed by atoms with van der Waals surface area (Å²) in [5.74, 6) is 0.828. The topological polar surface area (TPSA) is 32.3 Å². The summed E-state index contributed by atoms with van der Waals surface area (Å²) in [7, 11) is 0. The Morgan fingerprint density at radius 2 is 1.95 bits per heavy atom. The lowest BCUT2D eigenvalue weighted by Crippen LogP contribution is -2.46. The van der Waals surface area contributed by atoms with Gasteiger partial charge in [-0.05, 0) is 48.2 Å². The predicted octanol–water partition coefficient (Wildman–Crippen LogP) is 2.66. The Morgan fingerprint density at radius 1 is 1.10 bits per heavy atom. The van der Waals surface area contributed by atoms with Gasteiger partial charge in [-0.3, -0.25) is 4.79 Å². The van der Waals surface area contributed by atoms with Gasteiger partial charge in [0.25, 0.3) is 5.91 Å². The van der Waals surface area contributed by atoms with Crippen LogP contribution in [-0.4, -0.2) is 36.5 Å². The van der Waals surface area contributed by atoms with Gasteiger partial charge in [0, 0.05) is 24.7 Å². The molecule has 0 aromatic heterocycles. The van der Waals surface area contributed by atoms with Crippen molar-refractivity contribution in [1.82, 2.24) is 10.2 Å². The average molecular weight is 280 g/mol. The molecule has 2 aromatic rings. The highest BCUT2D eigenvalue weighted by Gasteiger charge is 2.34. The number of fused-ring (bicyclic) bond motifs is 2. The van der Waals surface area contributed by atoms with E-state index in [0.29, 0.717) is 12.0 Å². The highest BCUT2D eigenvalue weighted by molar-refractivity contribution is 5.98. The number of amides is 1. The molecule has 2 fully saturated rings. The van der Waals surface area contributed by atoms with Crippen LogP contribution in [0.2, 0.25) is 0 Å². The molecule has 0 saturated carbocycles. The minimum Gasteiger partial charge on any atom is -0.338 e. The Hall–Kier alpha value is -1.87. The fourth-order valence-electron chi connectivity index (χ4n) is 3.74. The van der Waals surface area contributed by atoms with E-state index in [0.717, 1.165) is 37.0 Å². The van der Waals surface area contributed by atoms with E-state index in [2.05, 4.69) is 17.4 Å². The lowest BCUT2D eigenvalue weighted by Gasteiger charge is -2.35. The molecule has 0 aliphatic carbocycles. The number of benzene rings is 2. The summed E-state index contributed by atoms with van der Waals surface area (Å²) in [6.45, 7) is 2.89. The van der Waals surface area contributed by atoms with Crippen LogP contribution in [0.4, 0.5) is 0 Å². The lowest BCUT2D eigenvalue weighted by atomic mass is 9.93. The van der Waals surface area contributed by atoms with Gasteiger partial charge in [0.05, 0.1) is 0 Å². The Morgan fingerprint density at radius 3 is 2.86 bits per heavy atom. The summed E-state index contributed by atoms with van der Waals surface area (Å²) < 4.78 is 0. The minimum atomic E-state index is 0.186. The quantitative estimate of drug-likeness (QED) is 0.871. The van der Waals surface area contributed by atoms with Crippen molar-refractivity contribution in [2.24, 2.45) is 5.92 Å². The van der Waals surface area contributed by atoms with E-state index >= 15 is 0 Å². The molecule has 1 N–H and O–H groups in total. The van der Waals surface area contributed by atoms with Crippen molar-refractivity contribution in [2.45, 2.75) is 18.9 Å². The van der Waals surface area contributed by atoms with Gasteiger partial charge in [0.1, 0.15) is 0 Å². The third kappa shape index (κ3) is 2.32. The molecule has 0 bridgehead atoms. The van der Waals surface area contributed by atoms with E-state index in [1.165, 1.54) is 11.8 Å². The number of hydrogen-bond acceptors (Lipinski definition) is 2. The number of carbonyl (C=O) groups is 1. The largest absolute Gasteiger partial charge is 0.338 e. The molecule has 2 aliphatic heterocycles. The molecule has 108 valence electrons. The fraction of sp³-hybridized carbons (Fsp3) is 0.389. The summed E-state index contributed by atoms with van der Waals surface area (Å²) in [6, 6.07) is 14.9. The number of carbonyl (C=O) groups excluding carboxylic acids is 1. The van der Waals surface area contributed by atoms with Gasteiger partial charge in [-0.2, -0.15) is 0 Å². The first-order valence-corrected chi connectivity index (χ1v) is 7.83. The van der Waals surface area contributed by atoms with Crippen LogP contribution in [0.25, 0.3) is 10.8 Å². The van der Waals surface area contributed by atoms with Gasteiger partial charge < -0.3 is 10.2 Å². The Labute approximate surface area is 124 Å². The second-order valence-corrected chi connectivity index (χ2v) is 6.21. The molecule has 4 rings (SSSR count). The highest BCUT2D eigenvalue weighted by atomic mass is 16.2. The number of nitrogens with one attached hydrogen (secondary N) is 1. The summed E-state index contributed by atoms with van der Waals surface area (Å²) in [6.07, 6.45) is 2.29. The number of hydrogen-bond donors (Lipinski definition) is 1. The third-order valence-electron chi connectivity index (χ3n) is 4.94. The lowest BCUT2D eigenvalue weighted by molar-refractivity contribution is 0.0662. The van der Waals surface area contributed by atoms with Crippen molar-refractivity contribution in [1.29, 1.82) is 0 Å². The van der Waals surface area contributed by atoms with Gasteiger partial charge in [0.2, 0.25) is 0 Å². The van der Waals surface area contributed by atoms with Crippen LogP contribution in [0.3, 0.4) is 0 Å². The molecule has 1 amide bonds. The molecule has 0 radical (unpaired) electrons. The van der Waals surface area contributed by atoms with Crippen LogP contribution in [-0.2, 0) is 0 Å². The normalized spacial score (nSPS) is 25.0. The van der Waals surface area contributed by atoms with E-state index in [1.807, 2.05) is 35.2 Å². The van der Waals surface area contributed by atoms with Gasteiger partial charge >= 0.3 is 0 Å². The maximum atomic E-state index is 12.7. The van der Waals surface area contributed by atoms with Gasteiger partial charge in [-0.1, -0.05) is 30.3 Å². The summed E-state index contributed by atoms with van der Waals surface area (Å²) in [5, 5.41) is 5.87. The minimum absolute atomic E-state index is 0.186. The second kappa shape index (κ2) is 5.15. The van der Waals surface area contributed by atoms with E-state index in [4.69, 9.17) is 0 Å². The standard InChI is InChI=1S/C18H20N2O/c21-18(20-10-8-17-16(12-20)7-9-19-17)15-6-5-13-3-1-2-4-14(13)11-15/h1-6,11,16-17,19H,7-10,12H2. The van der Waals surface area contributed by atoms with E-state index in [-0.39, 0.29) is 5.91 Å². The smallest absolute Gasteiger partial charge is 0.253 e. The SMILES string of the molecule is O=C(c1ccc2ccccc2c1)N1CCC2NCCC2C1. The van der Waals surface area contributed by atoms with Crippen molar-refractivity contribution >= 4 is 16.7 Å². The van der Waals surface area contributed by atoms with Crippen molar-refractivity contribution in [2.75, 3.05) is 19.6 Å². The summed E-state index contributed by atoms with van der Waals surface area (Å²) in [5.41, 5.74) is 0.818. The number of likely N-dealkylation sites (tertiary alicyclic amines) is 1. The van der Waals surface area contributed by atoms with E-state index in [1.54, 1.807) is 0 Å². The van der Waals surface area contributed by atoms with Crippen LogP contribution < -0.4 is 5.32 Å². The first kappa shape index (κ1) is 12.8. The van der Waals surface area contributed by atoms with Crippen molar-refractivity contribution in [3.8, 4) is 0 Å². The van der Waals surface area contributed by atoms with Crippen LogP contribution in [0.1, 0.15) is 23.2 Å². The molecule has 3 heteroatoms. The van der Waals surface area contributed by atoms with Crippen LogP contribution >= 0.6 is 0 Å². The monoisotopic (exact) mass is 280 g/mol. The van der Waals surface area contributed by atoms with Crippen molar-refractivity contribution < 1.29 is 4.79 Å². The van der Waals surface area contributed by atoms with Gasteiger partial charge in [-0.15, -0.1) is 0 Å². The predicted molar refractivity (Wildman–Crippen MR) is 84.4 cm³/mol. The van der Waals surface area contributed by atoms with Crippen molar-refractivity contribution in [3.05, 3.63) is 48.0 Å². The number of piperidine rings is 1. The molecule has 2 heterocycles. The molecular weight excluding hydrogens is 260 g/mol. The maximum Gasteiger partial charge on any atom is 0.253 e. The molecule has 2 aliphatic rings. The molecule has 0 spiro atoms. The van der Waals surface area contributed by atoms with E-state index in [9.17, 15) is 4.79 Å². The molecule has 3 nitrogen and oxygen atoms in total. The molecule has 2 aromatic carbocycles. The zero-order chi connectivity index (χ0) is 14.2. The maximum absolute atomic E-state index is 12.7. The molecule has 2 saturated heterocycles. The van der Waals surface area contributed by atoms with Crippen LogP contribution in [0.15, 0.2) is 42.5 Å². The molecule has 2 unspecified atom stereocenters. The second-order valence-electron chi connectivity index (χ2n) is 6.21. The zero-order valence-corrected chi connectivity index (χ0v) is 12.1. The summed E-state index contributed by atoms with van der Waals surface area (Å²) in [4.78, 5) is 14.8. The van der Waals surface area contributed by atoms with Crippen LogP contribution in [0.5, 0.6) is 0 Å². The fourth-order valence-corrected chi connectivity index (χ4v) is 3.74. The first-order valence-electron chi connectivity index (χ1n) is 7.83. The highest BCUT2D eigenvalue weighted by Crippen LogP contribution is 2.26. The molecular formula is C18H20N2O. The van der Waals surface area contributed by atoms with E-state index < -0.39 is 0 Å². The summed E-state index contributed by atoms with van der Waals surface area (Å²) >= 11 is 0. The number of nitrogens with zero attached hydrogens (tertiary/aromatic N) is 1. The Balaban J connectivity index is 1.58. The third-order valence-corrected chi connectivity index (χ3v) is 4.94. The zero-order valence-electron chi connectivity index (χ0n) is 12.1.